The zero-order valence-electron chi connectivity index (χ0n) is 32.7. The molecule has 1 N–H and O–H groups in total. The molecule has 55 heavy (non-hydrogen) atoms. The van der Waals surface area contributed by atoms with E-state index < -0.39 is 44.6 Å². The van der Waals surface area contributed by atoms with Crippen molar-refractivity contribution in [3.63, 3.8) is 0 Å². The van der Waals surface area contributed by atoms with Gasteiger partial charge in [-0.15, -0.1) is 0 Å². The van der Waals surface area contributed by atoms with E-state index in [9.17, 15) is 21.6 Å². The van der Waals surface area contributed by atoms with Crippen LogP contribution in [0.3, 0.4) is 0 Å². The lowest BCUT2D eigenvalue weighted by molar-refractivity contribution is -0.127. The number of rotatable bonds is 20. The van der Waals surface area contributed by atoms with Gasteiger partial charge in [-0.1, -0.05) is 57.5 Å². The summed E-state index contributed by atoms with van der Waals surface area (Å²) in [6.45, 7) is 17.6. The number of pyridine rings is 1. The normalized spacial score (nSPS) is 12.7. The van der Waals surface area contributed by atoms with E-state index in [0.717, 1.165) is 24.2 Å². The molecule has 2 aromatic carbocycles. The van der Waals surface area contributed by atoms with Gasteiger partial charge in [0.2, 0.25) is 10.0 Å². The molecule has 0 aliphatic rings. The maximum atomic E-state index is 15.7. The third-order valence-corrected chi connectivity index (χ3v) is 14.7. The van der Waals surface area contributed by atoms with Gasteiger partial charge in [0.15, 0.2) is 18.4 Å². The van der Waals surface area contributed by atoms with Crippen LogP contribution in [-0.4, -0.2) is 77.8 Å². The van der Waals surface area contributed by atoms with E-state index in [2.05, 4.69) is 67.2 Å². The molecule has 10 nitrogen and oxygen atoms in total. The van der Waals surface area contributed by atoms with Crippen LogP contribution in [0.1, 0.15) is 25.0 Å². The molecular weight excluding hydrogens is 886 g/mol. The minimum Gasteiger partial charge on any atom is -0.464 e. The highest BCUT2D eigenvalue weighted by atomic mass is 127. The summed E-state index contributed by atoms with van der Waals surface area (Å²) >= 11 is 2.07. The second kappa shape index (κ2) is 18.6. The SMILES string of the molecule is CCN(c1ccccc1CNc1nc(-c2cc(F)c(OCOCC[Si](C)(C)C)cc2CC(F)(F)F)cc2c1c(I)nn2COCC[Si](C)(C)C)S(=O)(=O)CC. The number of anilines is 2. The lowest BCUT2D eigenvalue weighted by atomic mass is 9.99. The summed E-state index contributed by atoms with van der Waals surface area (Å²) in [7, 11) is -6.39. The molecule has 0 saturated heterocycles. The number of ether oxygens (including phenoxy) is 3. The summed E-state index contributed by atoms with van der Waals surface area (Å²) in [6, 6.07) is 12.5. The quantitative estimate of drug-likeness (QED) is 0.0307. The molecule has 0 spiro atoms. The Kier molecular flexibility index (Phi) is 15.2. The number of nitrogens with one attached hydrogen (secondary N) is 1. The Morgan fingerprint density at radius 3 is 2.22 bits per heavy atom. The lowest BCUT2D eigenvalue weighted by Gasteiger charge is -2.25. The number of benzene rings is 2. The Morgan fingerprint density at radius 2 is 1.60 bits per heavy atom. The smallest absolute Gasteiger partial charge is 0.393 e. The van der Waals surface area contributed by atoms with Crippen LogP contribution < -0.4 is 14.4 Å². The van der Waals surface area contributed by atoms with Crippen molar-refractivity contribution < 1.29 is 40.2 Å². The first kappa shape index (κ1) is 44.9. The maximum Gasteiger partial charge on any atom is 0.393 e. The van der Waals surface area contributed by atoms with Crippen molar-refractivity contribution in [2.75, 3.05) is 41.9 Å². The molecule has 0 aliphatic carbocycles. The molecule has 0 saturated carbocycles. The van der Waals surface area contributed by atoms with Crippen molar-refractivity contribution in [1.82, 2.24) is 14.8 Å². The largest absolute Gasteiger partial charge is 0.464 e. The summed E-state index contributed by atoms with van der Waals surface area (Å²) in [4.78, 5) is 4.79. The minimum absolute atomic E-state index is 0.0687. The first-order valence-corrected chi connectivity index (χ1v) is 28.3. The van der Waals surface area contributed by atoms with Crippen molar-refractivity contribution in [2.45, 2.75) is 91.1 Å². The highest BCUT2D eigenvalue weighted by molar-refractivity contribution is 14.1. The van der Waals surface area contributed by atoms with Crippen molar-refractivity contribution >= 4 is 71.2 Å². The zero-order valence-corrected chi connectivity index (χ0v) is 37.7. The van der Waals surface area contributed by atoms with Gasteiger partial charge in [-0.2, -0.15) is 18.3 Å². The number of sulfonamides is 1. The topological polar surface area (TPSA) is 108 Å². The van der Waals surface area contributed by atoms with Gasteiger partial charge < -0.3 is 19.5 Å². The molecule has 0 amide bonds. The van der Waals surface area contributed by atoms with Crippen LogP contribution in [0.25, 0.3) is 22.2 Å². The summed E-state index contributed by atoms with van der Waals surface area (Å²) in [5, 5.41) is 8.58. The Balaban J connectivity index is 1.81. The second-order valence-electron chi connectivity index (χ2n) is 15.6. The van der Waals surface area contributed by atoms with Gasteiger partial charge in [-0.25, -0.2) is 22.5 Å². The highest BCUT2D eigenvalue weighted by Gasteiger charge is 2.31. The van der Waals surface area contributed by atoms with Crippen LogP contribution in [0.2, 0.25) is 51.4 Å². The summed E-state index contributed by atoms with van der Waals surface area (Å²) in [5.74, 6) is -1.04. The Morgan fingerprint density at radius 1 is 0.945 bits per heavy atom. The average Bonchev–Trinajstić information content (AvgIpc) is 3.40. The van der Waals surface area contributed by atoms with E-state index in [-0.39, 0.29) is 60.8 Å². The number of nitrogens with zero attached hydrogens (tertiary/aromatic N) is 4. The van der Waals surface area contributed by atoms with E-state index in [1.807, 2.05) is 0 Å². The van der Waals surface area contributed by atoms with Gasteiger partial charge in [0.25, 0.3) is 0 Å². The lowest BCUT2D eigenvalue weighted by Crippen LogP contribution is -2.33. The highest BCUT2D eigenvalue weighted by Crippen LogP contribution is 2.38. The van der Waals surface area contributed by atoms with E-state index in [1.165, 1.54) is 4.31 Å². The van der Waals surface area contributed by atoms with Crippen molar-refractivity contribution in [1.29, 1.82) is 0 Å². The van der Waals surface area contributed by atoms with Crippen LogP contribution in [0.4, 0.5) is 29.1 Å². The number of aromatic nitrogens is 3. The molecule has 18 heteroatoms. The molecule has 0 bridgehead atoms. The predicted octanol–water partition coefficient (Wildman–Crippen LogP) is 9.74. The fourth-order valence-electron chi connectivity index (χ4n) is 5.65. The Hall–Kier alpha value is -2.79. The molecule has 0 aliphatic heterocycles. The zero-order chi connectivity index (χ0) is 40.8. The van der Waals surface area contributed by atoms with Gasteiger partial charge in [0, 0.05) is 48.0 Å². The molecule has 4 aromatic rings. The number of halogens is 5. The average molecular weight is 938 g/mol. The van der Waals surface area contributed by atoms with Crippen LogP contribution >= 0.6 is 22.6 Å². The fourth-order valence-corrected chi connectivity index (χ4v) is 9.14. The van der Waals surface area contributed by atoms with Gasteiger partial charge in [0.1, 0.15) is 16.2 Å². The van der Waals surface area contributed by atoms with Crippen molar-refractivity contribution in [3.05, 3.63) is 63.1 Å². The van der Waals surface area contributed by atoms with E-state index in [1.54, 1.807) is 48.9 Å². The number of hydrogen-bond acceptors (Lipinski definition) is 8. The number of fused-ring (bicyclic) bond motifs is 1. The van der Waals surface area contributed by atoms with Crippen LogP contribution in [0.15, 0.2) is 42.5 Å². The van der Waals surface area contributed by atoms with Gasteiger partial charge in [-0.05, 0) is 83.9 Å². The standard InChI is InChI=1S/C37H52F4IN5O5SSi2/c1-9-47(53(48,49)10-2)31-14-12-11-13-26(31)23-43-36-34-32(46(45-35(34)42)24-50-15-17-54(3,4)5)21-30(44-36)28-20-29(38)33(19-27(28)22-37(39,40)41)52-25-51-16-18-55(6,7)8/h11-14,19-21H,9-10,15-18,22-25H2,1-8H3,(H,43,44). The molecule has 0 radical (unpaired) electrons. The monoisotopic (exact) mass is 937 g/mol. The van der Waals surface area contributed by atoms with Gasteiger partial charge >= 0.3 is 6.18 Å². The maximum absolute atomic E-state index is 15.7. The van der Waals surface area contributed by atoms with Crippen LogP contribution in [-0.2, 0) is 39.2 Å². The second-order valence-corrected chi connectivity index (χ2v) is 30.1. The predicted molar refractivity (Wildman–Crippen MR) is 225 cm³/mol. The Bertz CT molecular complexity index is 2040. The summed E-state index contributed by atoms with van der Waals surface area (Å²) < 4.78 is 104. The molecule has 4 rings (SSSR count). The Labute approximate surface area is 337 Å². The molecule has 2 heterocycles. The summed E-state index contributed by atoms with van der Waals surface area (Å²) in [6.07, 6.45) is -5.99. The van der Waals surface area contributed by atoms with Crippen molar-refractivity contribution in [3.8, 4) is 17.0 Å². The number of para-hydroxylation sites is 1. The van der Waals surface area contributed by atoms with Gasteiger partial charge in [-0.3, -0.25) is 4.31 Å². The first-order valence-electron chi connectivity index (χ1n) is 18.2. The minimum atomic E-state index is -4.63. The molecule has 0 unspecified atom stereocenters. The third kappa shape index (κ3) is 12.9. The molecule has 0 fully saturated rings. The molecular formula is C37H52F4IN5O5SSi2. The first-order chi connectivity index (χ1) is 25.6. The van der Waals surface area contributed by atoms with E-state index >= 15 is 4.39 Å². The van der Waals surface area contributed by atoms with Gasteiger partial charge in [0.05, 0.1) is 34.5 Å². The van der Waals surface area contributed by atoms with Crippen molar-refractivity contribution in [2.24, 2.45) is 0 Å². The number of hydrogen-bond donors (Lipinski definition) is 1. The number of alkyl halides is 3. The summed E-state index contributed by atoms with van der Waals surface area (Å²) in [5.41, 5.74) is 1.42. The van der Waals surface area contributed by atoms with Crippen LogP contribution in [0.5, 0.6) is 5.75 Å². The molecule has 304 valence electrons. The fraction of sp³-hybridized carbons (Fsp3) is 0.514. The van der Waals surface area contributed by atoms with E-state index in [0.29, 0.717) is 39.1 Å². The molecule has 0 atom stereocenters. The van der Waals surface area contributed by atoms with Crippen LogP contribution in [0, 0.1) is 9.52 Å². The van der Waals surface area contributed by atoms with E-state index in [4.69, 9.17) is 24.3 Å². The third-order valence-electron chi connectivity index (χ3n) is 8.71. The molecule has 2 aromatic heterocycles.